The van der Waals surface area contributed by atoms with Crippen LogP contribution in [0.5, 0.6) is 0 Å². The molecule has 0 radical (unpaired) electrons. The number of amides is 1. The average Bonchev–Trinajstić information content (AvgIpc) is 2.60. The number of nitrogens with one attached hydrogen (secondary N) is 1. The van der Waals surface area contributed by atoms with Crippen molar-refractivity contribution in [3.05, 3.63) is 0 Å². The molecule has 1 saturated carbocycles. The van der Waals surface area contributed by atoms with Gasteiger partial charge in [0.25, 0.3) is 0 Å². The third-order valence-corrected chi connectivity index (χ3v) is 2.66. The smallest absolute Gasteiger partial charge is 0.407 e. The van der Waals surface area contributed by atoms with E-state index in [4.69, 9.17) is 19.7 Å². The maximum absolute atomic E-state index is 11.5. The molecule has 126 valence electrons. The first-order valence-corrected chi connectivity index (χ1v) is 7.34. The molecule has 0 heterocycles. The van der Waals surface area contributed by atoms with Crippen molar-refractivity contribution < 1.29 is 24.5 Å². The average molecular weight is 305 g/mol. The van der Waals surface area contributed by atoms with Crippen molar-refractivity contribution >= 4 is 6.09 Å². The third-order valence-electron chi connectivity index (χ3n) is 2.66. The summed E-state index contributed by atoms with van der Waals surface area (Å²) in [5, 5.41) is 19.1. The molecule has 0 aromatic carbocycles. The number of carbonyl (C=O) groups excluding carboxylic acids is 1. The van der Waals surface area contributed by atoms with E-state index in [1.54, 1.807) is 7.11 Å². The van der Waals surface area contributed by atoms with Crippen LogP contribution in [0.15, 0.2) is 0 Å². The van der Waals surface area contributed by atoms with E-state index in [1.807, 2.05) is 20.8 Å². The number of hydrogen-bond donors (Lipinski definition) is 3. The zero-order valence-electron chi connectivity index (χ0n) is 14.1. The monoisotopic (exact) mass is 305 g/mol. The van der Waals surface area contributed by atoms with Gasteiger partial charge in [-0.15, -0.1) is 0 Å². The Kier molecular flexibility index (Phi) is 8.21. The third kappa shape index (κ3) is 13.9. The number of aliphatic hydroxyl groups is 2. The quantitative estimate of drug-likeness (QED) is 0.694. The van der Waals surface area contributed by atoms with Crippen LogP contribution in [0.1, 0.15) is 53.9 Å². The highest BCUT2D eigenvalue weighted by molar-refractivity contribution is 5.68. The standard InChI is InChI=1S/C12H23NO3.C3H8O2/c1-12(2,3)16-11(14)13-10-6-5-9(7-10)8-15-4;1-3(2,4)5/h9-10H,5-8H2,1-4H3,(H,13,14);4-5H,1-2H3/t9-,10?;/m1./s1. The molecule has 2 atom stereocenters. The SMILES string of the molecule is CC(C)(O)O.COC[C@@H]1CCC(NC(=O)OC(C)(C)C)C1. The van der Waals surface area contributed by atoms with Gasteiger partial charge in [-0.25, -0.2) is 4.79 Å². The first-order chi connectivity index (χ1) is 9.40. The van der Waals surface area contributed by atoms with Gasteiger partial charge < -0.3 is 25.0 Å². The van der Waals surface area contributed by atoms with Crippen LogP contribution in [-0.2, 0) is 9.47 Å². The molecular formula is C15H31NO5. The molecule has 0 aromatic rings. The van der Waals surface area contributed by atoms with Crippen LogP contribution in [-0.4, -0.2) is 47.5 Å². The Hall–Kier alpha value is -0.850. The van der Waals surface area contributed by atoms with Crippen LogP contribution < -0.4 is 5.32 Å². The second-order valence-electron chi connectivity index (χ2n) is 6.97. The molecule has 21 heavy (non-hydrogen) atoms. The van der Waals surface area contributed by atoms with Crippen molar-refractivity contribution in [2.75, 3.05) is 13.7 Å². The molecule has 1 aliphatic carbocycles. The van der Waals surface area contributed by atoms with Crippen molar-refractivity contribution in [2.24, 2.45) is 5.92 Å². The largest absolute Gasteiger partial charge is 0.444 e. The summed E-state index contributed by atoms with van der Waals surface area (Å²) in [6.07, 6.45) is 2.82. The fourth-order valence-corrected chi connectivity index (χ4v) is 2.07. The minimum absolute atomic E-state index is 0.245. The molecule has 6 nitrogen and oxygen atoms in total. The van der Waals surface area contributed by atoms with E-state index in [9.17, 15) is 4.79 Å². The maximum atomic E-state index is 11.5. The molecule has 0 aliphatic heterocycles. The Labute approximate surface area is 127 Å². The summed E-state index contributed by atoms with van der Waals surface area (Å²) in [4.78, 5) is 11.5. The van der Waals surface area contributed by atoms with E-state index < -0.39 is 11.4 Å². The van der Waals surface area contributed by atoms with Crippen molar-refractivity contribution in [1.82, 2.24) is 5.32 Å². The molecule has 6 heteroatoms. The Morgan fingerprint density at radius 2 is 1.71 bits per heavy atom. The lowest BCUT2D eigenvalue weighted by Gasteiger charge is -2.21. The minimum atomic E-state index is -1.50. The van der Waals surface area contributed by atoms with Gasteiger partial charge in [0.1, 0.15) is 5.60 Å². The van der Waals surface area contributed by atoms with Gasteiger partial charge in [0, 0.05) is 19.8 Å². The first-order valence-electron chi connectivity index (χ1n) is 7.34. The van der Waals surface area contributed by atoms with E-state index in [0.29, 0.717) is 5.92 Å². The Balaban J connectivity index is 0.000000690. The molecule has 3 N–H and O–H groups in total. The highest BCUT2D eigenvalue weighted by Crippen LogP contribution is 2.25. The molecule has 0 aromatic heterocycles. The normalized spacial score (nSPS) is 22.3. The fraction of sp³-hybridized carbons (Fsp3) is 0.933. The first kappa shape index (κ1) is 20.1. The van der Waals surface area contributed by atoms with Crippen LogP contribution in [0.4, 0.5) is 4.79 Å². The van der Waals surface area contributed by atoms with E-state index in [1.165, 1.54) is 13.8 Å². The number of carbonyl (C=O) groups is 1. The van der Waals surface area contributed by atoms with Crippen molar-refractivity contribution in [3.63, 3.8) is 0 Å². The Morgan fingerprint density at radius 1 is 1.19 bits per heavy atom. The lowest BCUT2D eigenvalue weighted by Crippen LogP contribution is -2.38. The van der Waals surface area contributed by atoms with Gasteiger partial charge in [-0.3, -0.25) is 0 Å². The summed E-state index contributed by atoms with van der Waals surface area (Å²) in [5.41, 5.74) is -0.422. The van der Waals surface area contributed by atoms with Gasteiger partial charge in [-0.1, -0.05) is 0 Å². The van der Waals surface area contributed by atoms with Crippen LogP contribution in [0.25, 0.3) is 0 Å². The number of hydrogen-bond acceptors (Lipinski definition) is 5. The number of rotatable bonds is 3. The summed E-state index contributed by atoms with van der Waals surface area (Å²) < 4.78 is 10.3. The van der Waals surface area contributed by atoms with E-state index in [0.717, 1.165) is 25.9 Å². The lowest BCUT2D eigenvalue weighted by molar-refractivity contribution is -0.127. The van der Waals surface area contributed by atoms with Crippen LogP contribution >= 0.6 is 0 Å². The highest BCUT2D eigenvalue weighted by Gasteiger charge is 2.27. The zero-order valence-corrected chi connectivity index (χ0v) is 14.1. The number of ether oxygens (including phenoxy) is 2. The van der Waals surface area contributed by atoms with Gasteiger partial charge in [0.05, 0.1) is 0 Å². The van der Waals surface area contributed by atoms with E-state index >= 15 is 0 Å². The summed E-state index contributed by atoms with van der Waals surface area (Å²) in [6, 6.07) is 0.245. The molecular weight excluding hydrogens is 274 g/mol. The van der Waals surface area contributed by atoms with Crippen molar-refractivity contribution in [2.45, 2.75) is 71.3 Å². The zero-order chi connectivity index (χ0) is 16.7. The molecule has 1 rings (SSSR count). The molecule has 1 aliphatic rings. The Morgan fingerprint density at radius 3 is 2.14 bits per heavy atom. The summed E-state index contributed by atoms with van der Waals surface area (Å²) >= 11 is 0. The Bertz CT molecular complexity index is 300. The second-order valence-corrected chi connectivity index (χ2v) is 6.97. The van der Waals surface area contributed by atoms with Crippen molar-refractivity contribution in [1.29, 1.82) is 0 Å². The van der Waals surface area contributed by atoms with E-state index in [2.05, 4.69) is 5.32 Å². The lowest BCUT2D eigenvalue weighted by atomic mass is 10.1. The maximum Gasteiger partial charge on any atom is 0.407 e. The van der Waals surface area contributed by atoms with E-state index in [-0.39, 0.29) is 12.1 Å². The predicted octanol–water partition coefficient (Wildman–Crippen LogP) is 2.03. The number of alkyl carbamates (subject to hydrolysis) is 1. The van der Waals surface area contributed by atoms with Gasteiger partial charge in [-0.2, -0.15) is 0 Å². The molecule has 0 saturated heterocycles. The molecule has 0 spiro atoms. The van der Waals surface area contributed by atoms with Crippen LogP contribution in [0, 0.1) is 5.92 Å². The highest BCUT2D eigenvalue weighted by atomic mass is 16.6. The van der Waals surface area contributed by atoms with Gasteiger partial charge in [-0.05, 0) is 59.8 Å². The van der Waals surface area contributed by atoms with Crippen LogP contribution in [0.2, 0.25) is 0 Å². The topological polar surface area (TPSA) is 88.0 Å². The van der Waals surface area contributed by atoms with Gasteiger partial charge in [0.2, 0.25) is 0 Å². The molecule has 1 unspecified atom stereocenters. The van der Waals surface area contributed by atoms with Gasteiger partial charge >= 0.3 is 6.09 Å². The number of methoxy groups -OCH3 is 1. The summed E-state index contributed by atoms with van der Waals surface area (Å²) in [5.74, 6) is -0.926. The molecule has 0 bridgehead atoms. The second kappa shape index (κ2) is 8.56. The molecule has 1 fully saturated rings. The predicted molar refractivity (Wildman–Crippen MR) is 80.9 cm³/mol. The van der Waals surface area contributed by atoms with Crippen LogP contribution in [0.3, 0.4) is 0 Å². The minimum Gasteiger partial charge on any atom is -0.444 e. The van der Waals surface area contributed by atoms with Crippen molar-refractivity contribution in [3.8, 4) is 0 Å². The summed E-state index contributed by atoms with van der Waals surface area (Å²) in [7, 11) is 1.72. The van der Waals surface area contributed by atoms with Gasteiger partial charge in [0.15, 0.2) is 5.79 Å². The molecule has 1 amide bonds. The fourth-order valence-electron chi connectivity index (χ4n) is 2.07. The summed E-state index contributed by atoms with van der Waals surface area (Å²) in [6.45, 7) is 8.99.